The number of hydrogen-bond donors (Lipinski definition) is 2. The van der Waals surface area contributed by atoms with Gasteiger partial charge in [-0.1, -0.05) is 30.3 Å². The summed E-state index contributed by atoms with van der Waals surface area (Å²) in [7, 11) is 1.83. The van der Waals surface area contributed by atoms with Gasteiger partial charge in [0.15, 0.2) is 5.96 Å². The number of aryl methyl sites for hydroxylation is 2. The number of aromatic nitrogens is 1. The predicted molar refractivity (Wildman–Crippen MR) is 102 cm³/mol. The van der Waals surface area contributed by atoms with E-state index in [-0.39, 0.29) is 0 Å². The predicted octanol–water partition coefficient (Wildman–Crippen LogP) is 3.27. The lowest BCUT2D eigenvalue weighted by Gasteiger charge is -2.11. The maximum Gasteiger partial charge on any atom is 0.190 e. The standard InChI is InChI=1S/C19H26N4S/c1-13-14(2)24-18(23-13)9-10-21-19(20-3)22-12-16-11-17(16)15-7-5-4-6-8-15/h4-8,16-17H,9-12H2,1-3H3,(H2,20,21,22). The number of rotatable bonds is 6. The highest BCUT2D eigenvalue weighted by Crippen LogP contribution is 2.46. The average molecular weight is 343 g/mol. The third-order valence-electron chi connectivity index (χ3n) is 4.61. The van der Waals surface area contributed by atoms with Gasteiger partial charge in [-0.15, -0.1) is 11.3 Å². The molecule has 5 heteroatoms. The van der Waals surface area contributed by atoms with Gasteiger partial charge in [0.2, 0.25) is 0 Å². The van der Waals surface area contributed by atoms with Crippen LogP contribution in [0.1, 0.15) is 33.5 Å². The first-order valence-corrected chi connectivity index (χ1v) is 9.41. The summed E-state index contributed by atoms with van der Waals surface area (Å²) in [5.74, 6) is 2.31. The molecule has 1 aliphatic rings. The van der Waals surface area contributed by atoms with Gasteiger partial charge in [-0.05, 0) is 37.7 Å². The van der Waals surface area contributed by atoms with E-state index in [2.05, 4.69) is 64.8 Å². The molecule has 1 aromatic carbocycles. The topological polar surface area (TPSA) is 49.3 Å². The molecule has 2 aromatic rings. The number of thiazole rings is 1. The van der Waals surface area contributed by atoms with Crippen molar-refractivity contribution < 1.29 is 0 Å². The molecule has 0 amide bonds. The first-order chi connectivity index (χ1) is 11.7. The third kappa shape index (κ3) is 4.35. The first kappa shape index (κ1) is 17.0. The minimum Gasteiger partial charge on any atom is -0.356 e. The van der Waals surface area contributed by atoms with Crippen molar-refractivity contribution in [1.82, 2.24) is 15.6 Å². The molecule has 1 aliphatic carbocycles. The Morgan fingerprint density at radius 3 is 2.71 bits per heavy atom. The number of nitrogens with zero attached hydrogens (tertiary/aromatic N) is 2. The fraction of sp³-hybridized carbons (Fsp3) is 0.474. The Bertz CT molecular complexity index is 673. The van der Waals surface area contributed by atoms with Gasteiger partial charge in [0.1, 0.15) is 0 Å². The molecule has 1 aromatic heterocycles. The highest BCUT2D eigenvalue weighted by atomic mass is 32.1. The Hall–Kier alpha value is -1.88. The number of hydrogen-bond acceptors (Lipinski definition) is 3. The van der Waals surface area contributed by atoms with Crippen LogP contribution in [0.15, 0.2) is 35.3 Å². The van der Waals surface area contributed by atoms with Crippen molar-refractivity contribution >= 4 is 17.3 Å². The van der Waals surface area contributed by atoms with Crippen LogP contribution in [0.4, 0.5) is 0 Å². The lowest BCUT2D eigenvalue weighted by atomic mass is 10.1. The molecule has 0 radical (unpaired) electrons. The zero-order valence-electron chi connectivity index (χ0n) is 14.7. The van der Waals surface area contributed by atoms with Gasteiger partial charge in [-0.2, -0.15) is 0 Å². The van der Waals surface area contributed by atoms with Crippen LogP contribution in [-0.2, 0) is 6.42 Å². The van der Waals surface area contributed by atoms with Crippen molar-refractivity contribution in [2.75, 3.05) is 20.1 Å². The van der Waals surface area contributed by atoms with Crippen molar-refractivity contribution in [3.63, 3.8) is 0 Å². The minimum atomic E-state index is 0.707. The van der Waals surface area contributed by atoms with Crippen molar-refractivity contribution in [2.45, 2.75) is 32.6 Å². The second-order valence-corrected chi connectivity index (χ2v) is 7.68. The Morgan fingerprint density at radius 1 is 1.25 bits per heavy atom. The second kappa shape index (κ2) is 7.79. The number of nitrogens with one attached hydrogen (secondary N) is 2. The number of benzene rings is 1. The molecule has 4 nitrogen and oxygen atoms in total. The van der Waals surface area contributed by atoms with Gasteiger partial charge in [-0.3, -0.25) is 4.99 Å². The van der Waals surface area contributed by atoms with Crippen molar-refractivity contribution in [3.8, 4) is 0 Å². The van der Waals surface area contributed by atoms with E-state index in [0.29, 0.717) is 5.92 Å². The van der Waals surface area contributed by atoms with E-state index in [1.54, 1.807) is 11.3 Å². The van der Waals surface area contributed by atoms with E-state index in [0.717, 1.165) is 37.1 Å². The number of guanidine groups is 1. The van der Waals surface area contributed by atoms with E-state index < -0.39 is 0 Å². The van der Waals surface area contributed by atoms with Crippen LogP contribution < -0.4 is 10.6 Å². The molecule has 2 atom stereocenters. The molecular formula is C19H26N4S. The molecule has 1 heterocycles. The molecule has 1 fully saturated rings. The van der Waals surface area contributed by atoms with Crippen LogP contribution in [0.3, 0.4) is 0 Å². The monoisotopic (exact) mass is 342 g/mol. The van der Waals surface area contributed by atoms with Gasteiger partial charge in [0.25, 0.3) is 0 Å². The highest BCUT2D eigenvalue weighted by Gasteiger charge is 2.37. The molecule has 0 saturated heterocycles. The van der Waals surface area contributed by atoms with Crippen LogP contribution in [0.25, 0.3) is 0 Å². The van der Waals surface area contributed by atoms with Crippen LogP contribution >= 0.6 is 11.3 Å². The molecular weight excluding hydrogens is 316 g/mol. The van der Waals surface area contributed by atoms with Gasteiger partial charge in [0.05, 0.1) is 10.7 Å². The summed E-state index contributed by atoms with van der Waals surface area (Å²) < 4.78 is 0. The Morgan fingerprint density at radius 2 is 2.04 bits per heavy atom. The SMILES string of the molecule is CN=C(NCCc1nc(C)c(C)s1)NCC1CC1c1ccccc1. The van der Waals surface area contributed by atoms with Gasteiger partial charge in [0, 0.05) is 31.4 Å². The summed E-state index contributed by atoms with van der Waals surface area (Å²) in [6, 6.07) is 10.8. The number of aliphatic imine (C=N–C) groups is 1. The zero-order valence-corrected chi connectivity index (χ0v) is 15.5. The quantitative estimate of drug-likeness (QED) is 0.626. The van der Waals surface area contributed by atoms with E-state index in [1.807, 2.05) is 7.05 Å². The van der Waals surface area contributed by atoms with Crippen molar-refractivity contribution in [1.29, 1.82) is 0 Å². The fourth-order valence-electron chi connectivity index (χ4n) is 2.96. The van der Waals surface area contributed by atoms with Crippen molar-refractivity contribution in [3.05, 3.63) is 51.5 Å². The normalized spacial score (nSPS) is 20.0. The lowest BCUT2D eigenvalue weighted by Crippen LogP contribution is -2.39. The Balaban J connectivity index is 1.38. The molecule has 0 spiro atoms. The summed E-state index contributed by atoms with van der Waals surface area (Å²) in [4.78, 5) is 10.2. The van der Waals surface area contributed by atoms with Crippen molar-refractivity contribution in [2.24, 2.45) is 10.9 Å². The lowest BCUT2D eigenvalue weighted by molar-refractivity contribution is 0.717. The van der Waals surface area contributed by atoms with Crippen LogP contribution in [0.2, 0.25) is 0 Å². The molecule has 2 unspecified atom stereocenters. The van der Waals surface area contributed by atoms with Gasteiger partial charge < -0.3 is 10.6 Å². The minimum absolute atomic E-state index is 0.707. The van der Waals surface area contributed by atoms with E-state index in [1.165, 1.54) is 21.9 Å². The van der Waals surface area contributed by atoms with Crippen LogP contribution in [-0.4, -0.2) is 31.1 Å². The first-order valence-electron chi connectivity index (χ1n) is 8.59. The summed E-state index contributed by atoms with van der Waals surface area (Å²) in [6.07, 6.45) is 2.21. The van der Waals surface area contributed by atoms with E-state index >= 15 is 0 Å². The van der Waals surface area contributed by atoms with E-state index in [4.69, 9.17) is 0 Å². The summed E-state index contributed by atoms with van der Waals surface area (Å²) in [6.45, 7) is 6.04. The molecule has 0 bridgehead atoms. The van der Waals surface area contributed by atoms with Crippen LogP contribution in [0.5, 0.6) is 0 Å². The highest BCUT2D eigenvalue weighted by molar-refractivity contribution is 7.11. The molecule has 2 N–H and O–H groups in total. The summed E-state index contributed by atoms with van der Waals surface area (Å²) in [5, 5.41) is 8.04. The Kier molecular flexibility index (Phi) is 5.51. The van der Waals surface area contributed by atoms with Crippen LogP contribution in [0, 0.1) is 19.8 Å². The molecule has 128 valence electrons. The molecule has 0 aliphatic heterocycles. The van der Waals surface area contributed by atoms with E-state index in [9.17, 15) is 0 Å². The largest absolute Gasteiger partial charge is 0.356 e. The fourth-order valence-corrected chi connectivity index (χ4v) is 3.90. The maximum absolute atomic E-state index is 4.58. The summed E-state index contributed by atoms with van der Waals surface area (Å²) >= 11 is 1.79. The Labute approximate surface area is 148 Å². The molecule has 1 saturated carbocycles. The second-order valence-electron chi connectivity index (χ2n) is 6.39. The molecule has 3 rings (SSSR count). The molecule has 24 heavy (non-hydrogen) atoms. The zero-order chi connectivity index (χ0) is 16.9. The summed E-state index contributed by atoms with van der Waals surface area (Å²) in [5.41, 5.74) is 2.61. The third-order valence-corrected chi connectivity index (χ3v) is 5.74. The smallest absolute Gasteiger partial charge is 0.190 e. The maximum atomic E-state index is 4.58. The van der Waals surface area contributed by atoms with Gasteiger partial charge in [-0.25, -0.2) is 4.98 Å². The average Bonchev–Trinajstić information content (AvgIpc) is 3.31. The van der Waals surface area contributed by atoms with Gasteiger partial charge >= 0.3 is 0 Å².